The van der Waals surface area contributed by atoms with Crippen molar-refractivity contribution in [1.82, 2.24) is 4.57 Å². The van der Waals surface area contributed by atoms with Crippen LogP contribution >= 0.6 is 0 Å². The normalized spacial score (nSPS) is 18.6. The Hall–Kier alpha value is -3.80. The summed E-state index contributed by atoms with van der Waals surface area (Å²) in [6, 6.07) is 24.7. The third kappa shape index (κ3) is 2.61. The van der Waals surface area contributed by atoms with E-state index in [0.29, 0.717) is 5.46 Å². The highest BCUT2D eigenvalue weighted by molar-refractivity contribution is 6.60. The Morgan fingerprint density at radius 1 is 0.758 bits per heavy atom. The number of ether oxygens (including phenoxy) is 1. The first kappa shape index (κ1) is 18.7. The molecule has 0 radical (unpaired) electrons. The lowest BCUT2D eigenvalue weighted by atomic mass is 9.75. The maximum atomic E-state index is 10.4. The molecule has 4 aromatic carbocycles. The zero-order valence-electron chi connectivity index (χ0n) is 17.7. The first-order valence-corrected chi connectivity index (χ1v) is 11.2. The summed E-state index contributed by atoms with van der Waals surface area (Å²) in [7, 11) is -1.61. The van der Waals surface area contributed by atoms with Crippen LogP contribution in [0.2, 0.25) is 0 Å². The number of hydrogen-bond acceptors (Lipinski definition) is 3. The van der Waals surface area contributed by atoms with E-state index in [1.54, 1.807) is 6.07 Å². The van der Waals surface area contributed by atoms with E-state index in [-0.39, 0.29) is 12.0 Å². The molecule has 0 fully saturated rings. The topological polar surface area (TPSA) is 54.6 Å². The maximum Gasteiger partial charge on any atom is 0.490 e. The van der Waals surface area contributed by atoms with E-state index in [1.165, 1.54) is 5.39 Å². The lowest BCUT2D eigenvalue weighted by molar-refractivity contribution is 0.269. The fourth-order valence-electron chi connectivity index (χ4n) is 5.49. The number of allylic oxidation sites excluding steroid dienone is 2. The molecular formula is C28H20BNO3. The molecule has 5 heteroatoms. The molecule has 0 spiro atoms. The molecular weight excluding hydrogens is 409 g/mol. The summed E-state index contributed by atoms with van der Waals surface area (Å²) in [5.41, 5.74) is 4.30. The van der Waals surface area contributed by atoms with Gasteiger partial charge in [0.1, 0.15) is 11.9 Å². The third-order valence-electron chi connectivity index (χ3n) is 6.93. The van der Waals surface area contributed by atoms with E-state index >= 15 is 0 Å². The average molecular weight is 429 g/mol. The lowest BCUT2D eigenvalue weighted by Crippen LogP contribution is -2.34. The molecule has 33 heavy (non-hydrogen) atoms. The first-order valence-electron chi connectivity index (χ1n) is 11.2. The molecule has 1 aliphatic carbocycles. The Balaban J connectivity index is 1.66. The van der Waals surface area contributed by atoms with Crippen molar-refractivity contribution in [3.8, 4) is 11.4 Å². The van der Waals surface area contributed by atoms with Gasteiger partial charge in [0.2, 0.25) is 0 Å². The van der Waals surface area contributed by atoms with E-state index in [9.17, 15) is 10.0 Å². The zero-order chi connectivity index (χ0) is 22.1. The smallest absolute Gasteiger partial charge is 0.485 e. The van der Waals surface area contributed by atoms with Gasteiger partial charge in [-0.15, -0.1) is 0 Å². The highest BCUT2D eigenvalue weighted by Gasteiger charge is 2.37. The van der Waals surface area contributed by atoms with Crippen molar-refractivity contribution in [2.24, 2.45) is 0 Å². The van der Waals surface area contributed by atoms with Gasteiger partial charge >= 0.3 is 7.12 Å². The van der Waals surface area contributed by atoms with Gasteiger partial charge < -0.3 is 19.4 Å². The largest absolute Gasteiger partial charge is 0.490 e. The van der Waals surface area contributed by atoms with Gasteiger partial charge in [0.05, 0.1) is 16.7 Å². The number of rotatable bonds is 2. The van der Waals surface area contributed by atoms with Crippen LogP contribution in [0.25, 0.3) is 38.3 Å². The summed E-state index contributed by atoms with van der Waals surface area (Å²) in [6.07, 6.45) is 8.13. The van der Waals surface area contributed by atoms with Crippen LogP contribution in [0.3, 0.4) is 0 Å². The summed E-state index contributed by atoms with van der Waals surface area (Å²) >= 11 is 0. The van der Waals surface area contributed by atoms with Gasteiger partial charge in [-0.1, -0.05) is 66.8 Å². The van der Waals surface area contributed by atoms with E-state index in [1.807, 2.05) is 36.4 Å². The van der Waals surface area contributed by atoms with E-state index in [2.05, 4.69) is 59.2 Å². The Morgan fingerprint density at radius 2 is 1.52 bits per heavy atom. The highest BCUT2D eigenvalue weighted by atomic mass is 16.5. The van der Waals surface area contributed by atoms with Crippen molar-refractivity contribution < 1.29 is 14.8 Å². The van der Waals surface area contributed by atoms with Crippen LogP contribution in [0.5, 0.6) is 5.75 Å². The first-order chi connectivity index (χ1) is 16.2. The molecule has 0 bridgehead atoms. The Morgan fingerprint density at radius 3 is 2.36 bits per heavy atom. The number of fused-ring (bicyclic) bond motifs is 7. The molecule has 4 nitrogen and oxygen atoms in total. The molecule has 2 N–H and O–H groups in total. The minimum atomic E-state index is -1.61. The summed E-state index contributed by atoms with van der Waals surface area (Å²) in [5, 5.41) is 25.4. The Bertz CT molecular complexity index is 1650. The molecule has 1 aromatic heterocycles. The molecule has 0 amide bonds. The summed E-state index contributed by atoms with van der Waals surface area (Å²) in [6.45, 7) is 0. The molecule has 7 rings (SSSR count). The van der Waals surface area contributed by atoms with Gasteiger partial charge in [0.15, 0.2) is 0 Å². The molecule has 0 saturated carbocycles. The number of hydrogen-bond donors (Lipinski definition) is 2. The van der Waals surface area contributed by atoms with Crippen LogP contribution in [0.1, 0.15) is 11.5 Å². The van der Waals surface area contributed by atoms with E-state index < -0.39 is 7.12 Å². The molecule has 5 aromatic rings. The fourth-order valence-corrected chi connectivity index (χ4v) is 5.49. The lowest BCUT2D eigenvalue weighted by Gasteiger charge is -2.20. The van der Waals surface area contributed by atoms with Crippen molar-refractivity contribution >= 4 is 45.2 Å². The maximum absolute atomic E-state index is 10.4. The van der Waals surface area contributed by atoms with Gasteiger partial charge in [-0.25, -0.2) is 0 Å². The second-order valence-corrected chi connectivity index (χ2v) is 8.74. The predicted octanol–water partition coefficient (Wildman–Crippen LogP) is 4.59. The van der Waals surface area contributed by atoms with Crippen LogP contribution < -0.4 is 10.2 Å². The van der Waals surface area contributed by atoms with Crippen molar-refractivity contribution in [2.75, 3.05) is 0 Å². The molecule has 2 unspecified atom stereocenters. The molecule has 1 aliphatic heterocycles. The third-order valence-corrected chi connectivity index (χ3v) is 6.93. The number of para-hydroxylation sites is 1. The molecule has 2 atom stereocenters. The average Bonchev–Trinajstić information content (AvgIpc) is 3.37. The van der Waals surface area contributed by atoms with Crippen molar-refractivity contribution in [3.63, 3.8) is 0 Å². The summed E-state index contributed by atoms with van der Waals surface area (Å²) < 4.78 is 8.45. The quantitative estimate of drug-likeness (QED) is 0.404. The molecule has 0 saturated heterocycles. The molecule has 2 aliphatic rings. The standard InChI is InChI=1S/C28H20BNO3/c31-29(32)22-13-14-26-27(20-10-4-6-12-25(20)33-26)28(22)30-23-11-5-3-9-19(23)21-15-17-7-1-2-8-18(17)16-24(21)30/h1-16,20,25,31-32H. The van der Waals surface area contributed by atoms with E-state index in [0.717, 1.165) is 44.2 Å². The monoisotopic (exact) mass is 429 g/mol. The van der Waals surface area contributed by atoms with Crippen LogP contribution in [0.15, 0.2) is 97.1 Å². The van der Waals surface area contributed by atoms with Crippen LogP contribution in [-0.2, 0) is 0 Å². The minimum Gasteiger partial charge on any atom is -0.485 e. The van der Waals surface area contributed by atoms with Gasteiger partial charge in [-0.05, 0) is 41.1 Å². The van der Waals surface area contributed by atoms with Crippen LogP contribution in [-0.4, -0.2) is 27.8 Å². The van der Waals surface area contributed by atoms with Gasteiger partial charge in [-0.2, -0.15) is 0 Å². The van der Waals surface area contributed by atoms with E-state index in [4.69, 9.17) is 4.74 Å². The number of aromatic nitrogens is 1. The summed E-state index contributed by atoms with van der Waals surface area (Å²) in [5.74, 6) is 0.794. The Labute approximate surface area is 190 Å². The second-order valence-electron chi connectivity index (χ2n) is 8.74. The number of nitrogens with zero attached hydrogens (tertiary/aromatic N) is 1. The SMILES string of the molecule is OB(O)c1ccc2c(c1-n1c3ccccc3c3cc4ccccc4cc31)C1C=CC=CC1O2. The highest BCUT2D eigenvalue weighted by Crippen LogP contribution is 2.46. The number of benzene rings is 4. The van der Waals surface area contributed by atoms with Crippen LogP contribution in [0.4, 0.5) is 0 Å². The van der Waals surface area contributed by atoms with Crippen LogP contribution in [0, 0.1) is 0 Å². The molecule has 2 heterocycles. The van der Waals surface area contributed by atoms with Crippen molar-refractivity contribution in [2.45, 2.75) is 12.0 Å². The summed E-state index contributed by atoms with van der Waals surface area (Å²) in [4.78, 5) is 0. The van der Waals surface area contributed by atoms with Gasteiger partial charge in [-0.3, -0.25) is 0 Å². The van der Waals surface area contributed by atoms with Gasteiger partial charge in [0.25, 0.3) is 0 Å². The van der Waals surface area contributed by atoms with Gasteiger partial charge in [0, 0.05) is 27.7 Å². The second kappa shape index (κ2) is 6.85. The zero-order valence-corrected chi connectivity index (χ0v) is 17.7. The Kier molecular flexibility index (Phi) is 3.89. The minimum absolute atomic E-state index is 0.00960. The fraction of sp³-hybridized carbons (Fsp3) is 0.0714. The predicted molar refractivity (Wildman–Crippen MR) is 134 cm³/mol. The molecule has 158 valence electrons. The van der Waals surface area contributed by atoms with Crippen molar-refractivity contribution in [3.05, 3.63) is 103 Å². The van der Waals surface area contributed by atoms with Crippen molar-refractivity contribution in [1.29, 1.82) is 0 Å².